The minimum absolute atomic E-state index is 0.0692. The van der Waals surface area contributed by atoms with Gasteiger partial charge in [0.25, 0.3) is 5.91 Å². The van der Waals surface area contributed by atoms with Crippen molar-refractivity contribution in [3.63, 3.8) is 0 Å². The van der Waals surface area contributed by atoms with Crippen LogP contribution in [-0.2, 0) is 0 Å². The average Bonchev–Trinajstić information content (AvgIpc) is 2.61. The maximum absolute atomic E-state index is 12.0. The molecule has 0 bridgehead atoms. The highest BCUT2D eigenvalue weighted by Crippen LogP contribution is 2.31. The van der Waals surface area contributed by atoms with E-state index in [1.165, 1.54) is 24.2 Å². The number of hydrogen-bond donors (Lipinski definition) is 1. The molecule has 1 N–H and O–H groups in total. The molecule has 3 rings (SSSR count). The van der Waals surface area contributed by atoms with Crippen molar-refractivity contribution in [1.82, 2.24) is 15.3 Å². The molecular weight excluding hydrogens is 314 g/mol. The summed E-state index contributed by atoms with van der Waals surface area (Å²) in [5, 5.41) is 3.49. The van der Waals surface area contributed by atoms with Crippen LogP contribution in [-0.4, -0.2) is 41.4 Å². The predicted octanol–water partition coefficient (Wildman–Crippen LogP) is 2.16. The summed E-state index contributed by atoms with van der Waals surface area (Å²) in [5.41, 5.74) is 0.453. The second-order valence-electron chi connectivity index (χ2n) is 5.00. The van der Waals surface area contributed by atoms with Gasteiger partial charge in [0.05, 0.1) is 5.56 Å². The van der Waals surface area contributed by atoms with Crippen molar-refractivity contribution in [2.75, 3.05) is 19.4 Å². The number of thioether (sulfide) groups is 1. The molecule has 1 unspecified atom stereocenters. The van der Waals surface area contributed by atoms with Crippen LogP contribution < -0.4 is 14.8 Å². The van der Waals surface area contributed by atoms with E-state index in [2.05, 4.69) is 15.3 Å². The quantitative estimate of drug-likeness (QED) is 0.668. The zero-order chi connectivity index (χ0) is 16.1. The van der Waals surface area contributed by atoms with Crippen molar-refractivity contribution < 1.29 is 14.3 Å². The molecule has 7 heteroatoms. The third-order valence-corrected chi connectivity index (χ3v) is 3.97. The van der Waals surface area contributed by atoms with Gasteiger partial charge in [-0.15, -0.1) is 0 Å². The summed E-state index contributed by atoms with van der Waals surface area (Å²) < 4.78 is 11.5. The Labute approximate surface area is 138 Å². The molecule has 0 radical (unpaired) electrons. The van der Waals surface area contributed by atoms with E-state index >= 15 is 0 Å². The first-order valence-corrected chi connectivity index (χ1v) is 8.51. The lowest BCUT2D eigenvalue weighted by Gasteiger charge is -2.26. The van der Waals surface area contributed by atoms with Crippen molar-refractivity contribution in [1.29, 1.82) is 0 Å². The average molecular weight is 331 g/mol. The van der Waals surface area contributed by atoms with E-state index in [1.807, 2.05) is 30.5 Å². The van der Waals surface area contributed by atoms with Crippen molar-refractivity contribution in [3.8, 4) is 11.5 Å². The van der Waals surface area contributed by atoms with Crippen LogP contribution in [0.4, 0.5) is 0 Å². The molecule has 0 fully saturated rings. The Morgan fingerprint density at radius 1 is 1.30 bits per heavy atom. The largest absolute Gasteiger partial charge is 0.486 e. The van der Waals surface area contributed by atoms with Gasteiger partial charge in [-0.3, -0.25) is 4.79 Å². The van der Waals surface area contributed by atoms with Crippen LogP contribution in [0, 0.1) is 0 Å². The number of amides is 1. The molecule has 1 aromatic heterocycles. The standard InChI is InChI=1S/C16H17N3O3S/c1-23-16-18-8-11(9-19-16)15(20)17-7-6-12-10-21-13-4-2-3-5-14(13)22-12/h2-5,8-9,12H,6-7,10H2,1H3,(H,17,20). The van der Waals surface area contributed by atoms with Crippen LogP contribution in [0.25, 0.3) is 0 Å². The molecule has 23 heavy (non-hydrogen) atoms. The fourth-order valence-corrected chi connectivity index (χ4v) is 2.51. The minimum Gasteiger partial charge on any atom is -0.486 e. The highest BCUT2D eigenvalue weighted by Gasteiger charge is 2.20. The Kier molecular flexibility index (Phi) is 4.97. The number of benzene rings is 1. The van der Waals surface area contributed by atoms with Gasteiger partial charge >= 0.3 is 0 Å². The molecule has 2 heterocycles. The fraction of sp³-hybridized carbons (Fsp3) is 0.312. The Bertz CT molecular complexity index is 679. The van der Waals surface area contributed by atoms with E-state index in [9.17, 15) is 4.79 Å². The van der Waals surface area contributed by atoms with Crippen molar-refractivity contribution >= 4 is 17.7 Å². The van der Waals surface area contributed by atoms with Gasteiger partial charge in [0.1, 0.15) is 12.7 Å². The van der Waals surface area contributed by atoms with Crippen molar-refractivity contribution in [3.05, 3.63) is 42.2 Å². The van der Waals surface area contributed by atoms with E-state index in [4.69, 9.17) is 9.47 Å². The molecule has 1 amide bonds. The van der Waals surface area contributed by atoms with Gasteiger partial charge < -0.3 is 14.8 Å². The first-order chi connectivity index (χ1) is 11.3. The molecule has 120 valence electrons. The highest BCUT2D eigenvalue weighted by molar-refractivity contribution is 7.98. The molecule has 0 saturated heterocycles. The Hall–Kier alpha value is -2.28. The van der Waals surface area contributed by atoms with E-state index in [0.29, 0.717) is 30.3 Å². The van der Waals surface area contributed by atoms with Crippen molar-refractivity contribution in [2.24, 2.45) is 0 Å². The summed E-state index contributed by atoms with van der Waals surface area (Å²) in [5.74, 6) is 1.32. The monoisotopic (exact) mass is 331 g/mol. The minimum atomic E-state index is -0.185. The zero-order valence-electron chi connectivity index (χ0n) is 12.7. The third-order valence-electron chi connectivity index (χ3n) is 3.39. The number of rotatable bonds is 5. The zero-order valence-corrected chi connectivity index (χ0v) is 13.5. The maximum Gasteiger partial charge on any atom is 0.254 e. The van der Waals surface area contributed by atoms with E-state index in [0.717, 1.165) is 11.5 Å². The number of fused-ring (bicyclic) bond motifs is 1. The lowest BCUT2D eigenvalue weighted by molar-refractivity contribution is 0.0812. The van der Waals surface area contributed by atoms with Gasteiger partial charge in [0.2, 0.25) is 0 Å². The second kappa shape index (κ2) is 7.32. The predicted molar refractivity (Wildman–Crippen MR) is 87.1 cm³/mol. The van der Waals surface area contributed by atoms with E-state index in [-0.39, 0.29) is 12.0 Å². The van der Waals surface area contributed by atoms with Crippen LogP contribution in [0.2, 0.25) is 0 Å². The van der Waals surface area contributed by atoms with Crippen LogP contribution in [0.3, 0.4) is 0 Å². The molecule has 0 saturated carbocycles. The summed E-state index contributed by atoms with van der Waals surface area (Å²) in [6, 6.07) is 7.58. The van der Waals surface area contributed by atoms with Gasteiger partial charge in [0.15, 0.2) is 16.7 Å². The molecule has 1 atom stereocenters. The van der Waals surface area contributed by atoms with Crippen LogP contribution in [0.1, 0.15) is 16.8 Å². The molecule has 6 nitrogen and oxygen atoms in total. The van der Waals surface area contributed by atoms with Gasteiger partial charge in [-0.1, -0.05) is 23.9 Å². The first-order valence-electron chi connectivity index (χ1n) is 7.29. The second-order valence-corrected chi connectivity index (χ2v) is 5.77. The molecular formula is C16H17N3O3S. The number of para-hydroxylation sites is 2. The number of carbonyl (C=O) groups excluding carboxylic acids is 1. The van der Waals surface area contributed by atoms with Gasteiger partial charge in [-0.25, -0.2) is 9.97 Å². The normalized spacial score (nSPS) is 16.0. The maximum atomic E-state index is 12.0. The number of carbonyl (C=O) groups is 1. The lowest BCUT2D eigenvalue weighted by Crippen LogP contribution is -2.34. The van der Waals surface area contributed by atoms with Gasteiger partial charge in [-0.05, 0) is 18.4 Å². The van der Waals surface area contributed by atoms with Crippen LogP contribution >= 0.6 is 11.8 Å². The first kappa shape index (κ1) is 15.6. The van der Waals surface area contributed by atoms with Gasteiger partial charge in [0, 0.05) is 25.4 Å². The topological polar surface area (TPSA) is 73.3 Å². The Morgan fingerprint density at radius 2 is 2.04 bits per heavy atom. The molecule has 1 aliphatic rings. The Morgan fingerprint density at radius 3 is 2.78 bits per heavy atom. The molecule has 1 aromatic carbocycles. The SMILES string of the molecule is CSc1ncc(C(=O)NCCC2COc3ccccc3O2)cn1. The lowest BCUT2D eigenvalue weighted by atomic mass is 10.2. The molecule has 0 aliphatic carbocycles. The van der Waals surface area contributed by atoms with E-state index in [1.54, 1.807) is 0 Å². The van der Waals surface area contributed by atoms with Crippen molar-refractivity contribution in [2.45, 2.75) is 17.7 Å². The molecule has 1 aliphatic heterocycles. The molecule has 2 aromatic rings. The fourth-order valence-electron chi connectivity index (χ4n) is 2.19. The number of aromatic nitrogens is 2. The number of hydrogen-bond acceptors (Lipinski definition) is 6. The number of nitrogens with one attached hydrogen (secondary N) is 1. The number of nitrogens with zero attached hydrogens (tertiary/aromatic N) is 2. The van der Waals surface area contributed by atoms with Gasteiger partial charge in [-0.2, -0.15) is 0 Å². The summed E-state index contributed by atoms with van der Waals surface area (Å²) in [6.07, 6.45) is 5.55. The Balaban J connectivity index is 1.47. The van der Waals surface area contributed by atoms with Crippen LogP contribution in [0.15, 0.2) is 41.8 Å². The summed E-state index contributed by atoms with van der Waals surface area (Å²) in [7, 11) is 0. The van der Waals surface area contributed by atoms with Crippen LogP contribution in [0.5, 0.6) is 11.5 Å². The highest BCUT2D eigenvalue weighted by atomic mass is 32.2. The third kappa shape index (κ3) is 3.92. The smallest absolute Gasteiger partial charge is 0.254 e. The van der Waals surface area contributed by atoms with E-state index < -0.39 is 0 Å². The summed E-state index contributed by atoms with van der Waals surface area (Å²) in [6.45, 7) is 0.984. The number of ether oxygens (including phenoxy) is 2. The summed E-state index contributed by atoms with van der Waals surface area (Å²) in [4.78, 5) is 20.2. The molecule has 0 spiro atoms. The summed E-state index contributed by atoms with van der Waals surface area (Å²) >= 11 is 1.44.